The van der Waals surface area contributed by atoms with Crippen LogP contribution >= 0.6 is 46.6 Å². The van der Waals surface area contributed by atoms with Crippen LogP contribution in [-0.4, -0.2) is 34.7 Å². The topological polar surface area (TPSA) is 157 Å². The Hall–Kier alpha value is -5.12. The van der Waals surface area contributed by atoms with Gasteiger partial charge in [-0.05, 0) is 72.3 Å². The third kappa shape index (κ3) is 7.28. The number of nitrogens with zero attached hydrogens (tertiary/aromatic N) is 4. The van der Waals surface area contributed by atoms with Gasteiger partial charge in [0.05, 0.1) is 47.8 Å². The lowest BCUT2D eigenvalue weighted by atomic mass is 10.1. The highest BCUT2D eigenvalue weighted by molar-refractivity contribution is 8.00. The maximum absolute atomic E-state index is 13.9. The molecular formula is C36H25Cl3N6O6S2. The molecule has 1 aliphatic heterocycles. The number of anilines is 3. The molecule has 2 N–H and O–H groups in total. The Bertz CT molecular complexity index is 2590. The average Bonchev–Trinajstić information content (AvgIpc) is 3.53. The zero-order valence-electron chi connectivity index (χ0n) is 27.1. The van der Waals surface area contributed by atoms with E-state index in [2.05, 4.69) is 15.1 Å². The number of carbonyl (C=O) groups excluding carboxylic acids is 1. The summed E-state index contributed by atoms with van der Waals surface area (Å²) in [5, 5.41) is 15.5. The molecule has 5 aromatic carbocycles. The molecule has 1 aromatic heterocycles. The van der Waals surface area contributed by atoms with Crippen LogP contribution in [0.5, 0.6) is 0 Å². The number of sulfonamides is 1. The number of nitrogens with one attached hydrogen (secondary N) is 2. The van der Waals surface area contributed by atoms with Crippen LogP contribution in [0.15, 0.2) is 119 Å². The summed E-state index contributed by atoms with van der Waals surface area (Å²) in [5.74, 6) is -0.165. The fourth-order valence-corrected chi connectivity index (χ4v) is 8.78. The minimum atomic E-state index is -4.44. The number of hydrogen-bond acceptors (Lipinski definition) is 9. The van der Waals surface area contributed by atoms with Crippen LogP contribution in [0.2, 0.25) is 15.1 Å². The molecule has 1 saturated heterocycles. The minimum Gasteiger partial charge on any atom is -0.353 e. The molecule has 53 heavy (non-hydrogen) atoms. The van der Waals surface area contributed by atoms with E-state index in [1.165, 1.54) is 65.2 Å². The van der Waals surface area contributed by atoms with Gasteiger partial charge < -0.3 is 5.32 Å². The maximum atomic E-state index is 13.9. The molecule has 0 aliphatic carbocycles. The van der Waals surface area contributed by atoms with Crippen molar-refractivity contribution in [1.29, 1.82) is 0 Å². The van der Waals surface area contributed by atoms with E-state index in [-0.39, 0.29) is 45.4 Å². The van der Waals surface area contributed by atoms with E-state index in [0.29, 0.717) is 43.3 Å². The predicted molar refractivity (Wildman–Crippen MR) is 209 cm³/mol. The van der Waals surface area contributed by atoms with Gasteiger partial charge >= 0.3 is 0 Å². The molecule has 1 fully saturated rings. The van der Waals surface area contributed by atoms with E-state index >= 15 is 0 Å². The number of benzene rings is 5. The number of nitro benzene ring substituents is 1. The number of aromatic nitrogens is 2. The number of rotatable bonds is 10. The lowest BCUT2D eigenvalue weighted by Gasteiger charge is -2.24. The van der Waals surface area contributed by atoms with E-state index in [1.807, 2.05) is 0 Å². The van der Waals surface area contributed by atoms with Gasteiger partial charge in [-0.25, -0.2) is 9.82 Å². The first-order valence-corrected chi connectivity index (χ1v) is 19.4. The van der Waals surface area contributed by atoms with Gasteiger partial charge in [-0.3, -0.25) is 24.6 Å². The molecule has 0 spiro atoms. The molecule has 268 valence electrons. The lowest BCUT2D eigenvalue weighted by Crippen LogP contribution is -2.36. The number of halogens is 3. The van der Waals surface area contributed by atoms with E-state index in [4.69, 9.17) is 34.8 Å². The lowest BCUT2D eigenvalue weighted by molar-refractivity contribution is -0.385. The van der Waals surface area contributed by atoms with Crippen LogP contribution in [0.1, 0.15) is 22.3 Å². The molecular weight excluding hydrogens is 783 g/mol. The van der Waals surface area contributed by atoms with Crippen LogP contribution < -0.4 is 20.6 Å². The molecule has 1 unspecified atom stereocenters. The number of para-hydroxylation sites is 3. The normalized spacial score (nSPS) is 14.4. The molecule has 1 atom stereocenters. The molecule has 2 heterocycles. The highest BCUT2D eigenvalue weighted by Crippen LogP contribution is 2.44. The van der Waals surface area contributed by atoms with Crippen LogP contribution in [0, 0.1) is 10.1 Å². The fraction of sp³-hybridized carbons (Fsp3) is 0.0833. The summed E-state index contributed by atoms with van der Waals surface area (Å²) in [6, 6.07) is 28.3. The third-order valence-electron chi connectivity index (χ3n) is 8.39. The molecule has 6 aromatic rings. The van der Waals surface area contributed by atoms with E-state index in [0.717, 1.165) is 4.68 Å². The van der Waals surface area contributed by atoms with Crippen molar-refractivity contribution in [2.45, 2.75) is 16.7 Å². The minimum absolute atomic E-state index is 0.0217. The van der Waals surface area contributed by atoms with Crippen molar-refractivity contribution in [2.24, 2.45) is 0 Å². The Labute approximate surface area is 321 Å². The fourth-order valence-electron chi connectivity index (χ4n) is 5.89. The summed E-state index contributed by atoms with van der Waals surface area (Å²) < 4.78 is 28.7. The van der Waals surface area contributed by atoms with Gasteiger partial charge in [0.15, 0.2) is 0 Å². The monoisotopic (exact) mass is 806 g/mol. The molecule has 12 nitrogen and oxygen atoms in total. The summed E-state index contributed by atoms with van der Waals surface area (Å²) >= 11 is 20.3. The molecule has 1 amide bonds. The molecule has 7 rings (SSSR count). The Morgan fingerprint density at radius 3 is 2.32 bits per heavy atom. The second kappa shape index (κ2) is 14.7. The first kappa shape index (κ1) is 36.2. The van der Waals surface area contributed by atoms with Crippen molar-refractivity contribution in [3.8, 4) is 0 Å². The number of thioether (sulfide) groups is 1. The second-order valence-electron chi connectivity index (χ2n) is 11.7. The SMILES string of the molecule is O=C1CSC(c2ccccc2[N+](=O)[O-])N1c1ccc(S(=O)(=O)Nn2c(Cc3ccccc3Nc3c(Cl)cccc3Cl)nc3cc(Cl)ccc3c2=O)cc1. The summed E-state index contributed by atoms with van der Waals surface area (Å²) in [6.45, 7) is 0. The highest BCUT2D eigenvalue weighted by atomic mass is 35.5. The number of amides is 1. The van der Waals surface area contributed by atoms with E-state index in [9.17, 15) is 28.1 Å². The maximum Gasteiger partial charge on any atom is 0.280 e. The Morgan fingerprint density at radius 2 is 1.58 bits per heavy atom. The van der Waals surface area contributed by atoms with Crippen LogP contribution in [0.25, 0.3) is 10.9 Å². The van der Waals surface area contributed by atoms with Gasteiger partial charge in [0.2, 0.25) is 5.91 Å². The number of fused-ring (bicyclic) bond motifs is 1. The van der Waals surface area contributed by atoms with Gasteiger partial charge in [-0.2, -0.15) is 13.1 Å². The van der Waals surface area contributed by atoms with Crippen molar-refractivity contribution < 1.29 is 18.1 Å². The van der Waals surface area contributed by atoms with Crippen molar-refractivity contribution in [3.05, 3.63) is 162 Å². The Balaban J connectivity index is 1.24. The van der Waals surface area contributed by atoms with E-state index < -0.39 is 25.9 Å². The zero-order chi connectivity index (χ0) is 37.4. The molecule has 0 saturated carbocycles. The summed E-state index contributed by atoms with van der Waals surface area (Å²) in [4.78, 5) is 46.4. The van der Waals surface area contributed by atoms with Gasteiger partial charge in [-0.15, -0.1) is 11.8 Å². The van der Waals surface area contributed by atoms with Crippen molar-refractivity contribution in [3.63, 3.8) is 0 Å². The summed E-state index contributed by atoms with van der Waals surface area (Å²) in [7, 11) is -4.44. The first-order valence-electron chi connectivity index (χ1n) is 15.7. The highest BCUT2D eigenvalue weighted by Gasteiger charge is 2.37. The molecule has 1 aliphatic rings. The number of carbonyl (C=O) groups is 1. The van der Waals surface area contributed by atoms with Gasteiger partial charge in [-0.1, -0.05) is 71.2 Å². The molecule has 0 radical (unpaired) electrons. The average molecular weight is 808 g/mol. The zero-order valence-corrected chi connectivity index (χ0v) is 31.0. The number of nitro groups is 1. The van der Waals surface area contributed by atoms with Crippen LogP contribution in [0.3, 0.4) is 0 Å². The van der Waals surface area contributed by atoms with Crippen molar-refractivity contribution in [2.75, 3.05) is 20.8 Å². The quantitative estimate of drug-likeness (QED) is 0.103. The van der Waals surface area contributed by atoms with Gasteiger partial charge in [0.25, 0.3) is 21.3 Å². The second-order valence-corrected chi connectivity index (χ2v) is 15.7. The van der Waals surface area contributed by atoms with Gasteiger partial charge in [0, 0.05) is 28.9 Å². The Morgan fingerprint density at radius 1 is 0.887 bits per heavy atom. The summed E-state index contributed by atoms with van der Waals surface area (Å²) in [5.41, 5.74) is 1.81. The smallest absolute Gasteiger partial charge is 0.280 e. The third-order valence-corrected chi connectivity index (χ3v) is 11.8. The molecule has 0 bridgehead atoms. The van der Waals surface area contributed by atoms with Crippen LogP contribution in [0.4, 0.5) is 22.7 Å². The van der Waals surface area contributed by atoms with Gasteiger partial charge in [0.1, 0.15) is 11.2 Å². The molecule has 17 heteroatoms. The van der Waals surface area contributed by atoms with Crippen LogP contribution in [-0.2, 0) is 21.2 Å². The standard InChI is InChI=1S/C36H25Cl3N6O6S2/c37-22-12-17-25-30(19-22)40-32(18-21-6-1-3-10-29(21)41-34-27(38)8-5-9-28(34)39)44(35(25)47)42-53(50,51)24-15-13-23(14-16-24)43-33(46)20-52-36(43)26-7-2-4-11-31(26)45(48)49/h1-17,19,36,41-42H,18,20H2. The van der Waals surface area contributed by atoms with Crippen molar-refractivity contribution >= 4 is 96.1 Å². The number of hydrogen-bond donors (Lipinski definition) is 2. The summed E-state index contributed by atoms with van der Waals surface area (Å²) in [6.07, 6.45) is -0.0217. The van der Waals surface area contributed by atoms with Crippen molar-refractivity contribution in [1.82, 2.24) is 9.66 Å². The predicted octanol–water partition coefficient (Wildman–Crippen LogP) is 8.31. The van der Waals surface area contributed by atoms with E-state index in [1.54, 1.807) is 60.7 Å². The first-order chi connectivity index (χ1) is 25.4. The Kier molecular flexibility index (Phi) is 10.1. The largest absolute Gasteiger partial charge is 0.353 e.